The maximum absolute atomic E-state index is 6.78. The normalized spacial score (nSPS) is 13.7. The Morgan fingerprint density at radius 3 is 1.19 bits per heavy atom. The summed E-state index contributed by atoms with van der Waals surface area (Å²) < 4.78 is 25.3. The summed E-state index contributed by atoms with van der Waals surface area (Å²) in [5, 5.41) is 0. The SMILES string of the molecule is CCCCCCCCC1(CCCCCCCC)c2cc(-c3cc(OC)ccc3OCC(CC)CCCC)ccc2-c2ccc(-c3cc(OC)ccc3OCC(CC)CCCC)cc21. The summed E-state index contributed by atoms with van der Waals surface area (Å²) in [6.45, 7) is 15.3. The van der Waals surface area contributed by atoms with Crippen molar-refractivity contribution in [3.05, 3.63) is 83.9 Å². The van der Waals surface area contributed by atoms with Gasteiger partial charge >= 0.3 is 0 Å². The van der Waals surface area contributed by atoms with E-state index in [4.69, 9.17) is 18.9 Å². The van der Waals surface area contributed by atoms with Crippen LogP contribution in [0.4, 0.5) is 0 Å². The van der Waals surface area contributed by atoms with Crippen LogP contribution in [-0.2, 0) is 5.41 Å². The zero-order chi connectivity index (χ0) is 44.9. The van der Waals surface area contributed by atoms with Crippen molar-refractivity contribution in [3.8, 4) is 56.4 Å². The van der Waals surface area contributed by atoms with Crippen LogP contribution in [0.15, 0.2) is 72.8 Å². The van der Waals surface area contributed by atoms with Gasteiger partial charge < -0.3 is 18.9 Å². The van der Waals surface area contributed by atoms with Crippen molar-refractivity contribution in [1.82, 2.24) is 0 Å². The van der Waals surface area contributed by atoms with Crippen molar-refractivity contribution in [2.24, 2.45) is 11.8 Å². The molecule has 4 aromatic carbocycles. The molecule has 63 heavy (non-hydrogen) atoms. The molecule has 0 saturated heterocycles. The Morgan fingerprint density at radius 2 is 0.810 bits per heavy atom. The molecule has 0 heterocycles. The summed E-state index contributed by atoms with van der Waals surface area (Å²) in [5.74, 6) is 4.73. The molecule has 2 unspecified atom stereocenters. The molecule has 4 heteroatoms. The van der Waals surface area contributed by atoms with Crippen LogP contribution in [0.5, 0.6) is 23.0 Å². The van der Waals surface area contributed by atoms with Gasteiger partial charge in [-0.15, -0.1) is 0 Å². The summed E-state index contributed by atoms with van der Waals surface area (Å²) in [4.78, 5) is 0. The predicted molar refractivity (Wildman–Crippen MR) is 270 cm³/mol. The lowest BCUT2D eigenvalue weighted by Gasteiger charge is -2.33. The summed E-state index contributed by atoms with van der Waals surface area (Å²) in [5.41, 5.74) is 10.3. The van der Waals surface area contributed by atoms with E-state index < -0.39 is 0 Å². The van der Waals surface area contributed by atoms with Gasteiger partial charge in [-0.3, -0.25) is 0 Å². The lowest BCUT2D eigenvalue weighted by molar-refractivity contribution is 0.234. The summed E-state index contributed by atoms with van der Waals surface area (Å²) in [6, 6.07) is 27.4. The molecule has 4 aromatic rings. The van der Waals surface area contributed by atoms with Crippen molar-refractivity contribution >= 4 is 0 Å². The van der Waals surface area contributed by atoms with Gasteiger partial charge in [-0.05, 0) is 119 Å². The fourth-order valence-electron chi connectivity index (χ4n) is 10.1. The number of fused-ring (bicyclic) bond motifs is 3. The number of ether oxygens (including phenoxy) is 4. The lowest BCUT2D eigenvalue weighted by atomic mass is 9.70. The van der Waals surface area contributed by atoms with E-state index in [2.05, 4.69) is 114 Å². The van der Waals surface area contributed by atoms with Gasteiger partial charge in [0.05, 0.1) is 27.4 Å². The van der Waals surface area contributed by atoms with Gasteiger partial charge in [0.15, 0.2) is 0 Å². The summed E-state index contributed by atoms with van der Waals surface area (Å²) >= 11 is 0. The quantitative estimate of drug-likeness (QED) is 0.0459. The van der Waals surface area contributed by atoms with Crippen molar-refractivity contribution in [1.29, 1.82) is 0 Å². The van der Waals surface area contributed by atoms with Crippen LogP contribution < -0.4 is 18.9 Å². The minimum atomic E-state index is -0.104. The minimum Gasteiger partial charge on any atom is -0.497 e. The van der Waals surface area contributed by atoms with Crippen LogP contribution in [0.2, 0.25) is 0 Å². The van der Waals surface area contributed by atoms with Crippen LogP contribution in [0.3, 0.4) is 0 Å². The Morgan fingerprint density at radius 1 is 0.413 bits per heavy atom. The molecule has 0 bridgehead atoms. The van der Waals surface area contributed by atoms with Crippen LogP contribution in [-0.4, -0.2) is 27.4 Å². The summed E-state index contributed by atoms with van der Waals surface area (Å²) in [7, 11) is 3.54. The van der Waals surface area contributed by atoms with Crippen molar-refractivity contribution < 1.29 is 18.9 Å². The van der Waals surface area contributed by atoms with Gasteiger partial charge in [-0.2, -0.15) is 0 Å². The third-order valence-electron chi connectivity index (χ3n) is 14.3. The van der Waals surface area contributed by atoms with E-state index in [9.17, 15) is 0 Å². The maximum Gasteiger partial charge on any atom is 0.127 e. The first-order chi connectivity index (χ1) is 30.9. The molecule has 0 saturated carbocycles. The highest BCUT2D eigenvalue weighted by molar-refractivity contribution is 5.87. The van der Waals surface area contributed by atoms with Crippen LogP contribution in [0.1, 0.15) is 194 Å². The molecule has 5 rings (SSSR count). The highest BCUT2D eigenvalue weighted by atomic mass is 16.5. The van der Waals surface area contributed by atoms with E-state index in [-0.39, 0.29) is 5.41 Å². The van der Waals surface area contributed by atoms with E-state index in [1.165, 1.54) is 149 Å². The minimum absolute atomic E-state index is 0.104. The Hall–Kier alpha value is -3.92. The molecule has 1 aliphatic rings. The lowest BCUT2D eigenvalue weighted by Crippen LogP contribution is -2.25. The third kappa shape index (κ3) is 13.6. The van der Waals surface area contributed by atoms with Gasteiger partial charge in [0.1, 0.15) is 23.0 Å². The molecule has 2 atom stereocenters. The van der Waals surface area contributed by atoms with E-state index in [1.54, 1.807) is 14.2 Å². The first kappa shape index (κ1) is 50.1. The molecule has 1 aliphatic carbocycles. The maximum atomic E-state index is 6.78. The highest BCUT2D eigenvalue weighted by Gasteiger charge is 2.43. The van der Waals surface area contributed by atoms with Crippen LogP contribution in [0.25, 0.3) is 33.4 Å². The molecule has 0 aliphatic heterocycles. The topological polar surface area (TPSA) is 36.9 Å². The second-order valence-corrected chi connectivity index (χ2v) is 18.8. The largest absolute Gasteiger partial charge is 0.497 e. The van der Waals surface area contributed by atoms with Gasteiger partial charge in [-0.1, -0.05) is 181 Å². The number of rotatable bonds is 32. The van der Waals surface area contributed by atoms with E-state index >= 15 is 0 Å². The Balaban J connectivity index is 1.64. The molecule has 0 fully saturated rings. The standard InChI is InChI=1S/C59H86O4/c1-9-15-19-21-23-25-37-59(38-26-24-22-20-16-10-2)55-39-47(53-41-49(60-7)31-35-57(53)62-43-45(13-5)27-17-11-3)29-33-51(55)52-34-30-48(40-56(52)59)54-42-50(61-8)32-36-58(54)63-44-46(14-6)28-18-12-4/h29-36,39-42,45-46H,9-28,37-38,43-44H2,1-8H3. The molecule has 4 nitrogen and oxygen atoms in total. The number of hydrogen-bond acceptors (Lipinski definition) is 4. The smallest absolute Gasteiger partial charge is 0.127 e. The third-order valence-corrected chi connectivity index (χ3v) is 14.3. The Kier molecular flexibility index (Phi) is 21.3. The van der Waals surface area contributed by atoms with Crippen molar-refractivity contribution in [3.63, 3.8) is 0 Å². The van der Waals surface area contributed by atoms with E-state index in [1.807, 2.05) is 0 Å². The van der Waals surface area contributed by atoms with Gasteiger partial charge in [0.2, 0.25) is 0 Å². The number of unbranched alkanes of at least 4 members (excludes halogenated alkanes) is 12. The first-order valence-electron chi connectivity index (χ1n) is 25.8. The predicted octanol–water partition coefficient (Wildman–Crippen LogP) is 18.0. The van der Waals surface area contributed by atoms with Gasteiger partial charge in [0, 0.05) is 16.5 Å². The fraction of sp³-hybridized carbons (Fsp3) is 0.593. The molecule has 0 N–H and O–H groups in total. The number of benzene rings is 4. The zero-order valence-electron chi connectivity index (χ0n) is 41.2. The van der Waals surface area contributed by atoms with Crippen LogP contribution in [0, 0.1) is 11.8 Å². The average molecular weight is 859 g/mol. The molecular formula is C59H86O4. The molecular weight excluding hydrogens is 773 g/mol. The van der Waals surface area contributed by atoms with Gasteiger partial charge in [0.25, 0.3) is 0 Å². The van der Waals surface area contributed by atoms with E-state index in [0.717, 1.165) is 73.0 Å². The fourth-order valence-corrected chi connectivity index (χ4v) is 10.1. The van der Waals surface area contributed by atoms with E-state index in [0.29, 0.717) is 11.8 Å². The molecule has 0 radical (unpaired) electrons. The second-order valence-electron chi connectivity index (χ2n) is 18.8. The molecule has 0 aromatic heterocycles. The summed E-state index contributed by atoms with van der Waals surface area (Å²) in [6.07, 6.45) is 27.4. The first-order valence-corrected chi connectivity index (χ1v) is 25.8. The molecule has 0 amide bonds. The number of hydrogen-bond donors (Lipinski definition) is 0. The Labute approximate surface area is 385 Å². The highest BCUT2D eigenvalue weighted by Crippen LogP contribution is 2.56. The second kappa shape index (κ2) is 26.8. The molecule has 0 spiro atoms. The van der Waals surface area contributed by atoms with Crippen molar-refractivity contribution in [2.45, 2.75) is 188 Å². The van der Waals surface area contributed by atoms with Crippen LogP contribution >= 0.6 is 0 Å². The van der Waals surface area contributed by atoms with Crippen molar-refractivity contribution in [2.75, 3.05) is 27.4 Å². The number of methoxy groups -OCH3 is 2. The average Bonchev–Trinajstić information content (AvgIpc) is 3.59. The monoisotopic (exact) mass is 859 g/mol. The molecule has 346 valence electrons. The Bertz CT molecular complexity index is 1790. The van der Waals surface area contributed by atoms with Gasteiger partial charge in [-0.25, -0.2) is 0 Å². The zero-order valence-corrected chi connectivity index (χ0v) is 41.2.